The fraction of sp³-hybridized carbons (Fsp3) is 0.421. The predicted octanol–water partition coefficient (Wildman–Crippen LogP) is 1.48. The number of rotatable bonds is 2. The molecule has 1 spiro atoms. The number of piperidine rings is 1. The summed E-state index contributed by atoms with van der Waals surface area (Å²) in [6, 6.07) is 6.11. The highest BCUT2D eigenvalue weighted by Crippen LogP contribution is 2.45. The highest BCUT2D eigenvalue weighted by molar-refractivity contribution is 5.92. The topological polar surface area (TPSA) is 84.5 Å². The van der Waals surface area contributed by atoms with Crippen LogP contribution in [0.15, 0.2) is 35.4 Å². The number of aromatic nitrogens is 2. The van der Waals surface area contributed by atoms with Gasteiger partial charge in [-0.15, -0.1) is 0 Å². The molecule has 0 radical (unpaired) electrons. The second kappa shape index (κ2) is 6.57. The van der Waals surface area contributed by atoms with E-state index in [1.54, 1.807) is 12.0 Å². The SMILES string of the molecule is COc1cccc2c1C1(CCN(C(=O)c3c[nH]c(=O)cn3)CC1)OCC2. The van der Waals surface area contributed by atoms with Crippen molar-refractivity contribution in [2.45, 2.75) is 24.9 Å². The first-order chi connectivity index (χ1) is 12.6. The van der Waals surface area contributed by atoms with Gasteiger partial charge in [-0.2, -0.15) is 0 Å². The highest BCUT2D eigenvalue weighted by Gasteiger charge is 2.43. The number of H-pyrrole nitrogens is 1. The molecule has 0 atom stereocenters. The van der Waals surface area contributed by atoms with Crippen molar-refractivity contribution >= 4 is 5.91 Å². The molecule has 4 rings (SSSR count). The van der Waals surface area contributed by atoms with Gasteiger partial charge in [0.2, 0.25) is 0 Å². The van der Waals surface area contributed by atoms with Gasteiger partial charge in [-0.05, 0) is 30.9 Å². The average molecular weight is 355 g/mol. The summed E-state index contributed by atoms with van der Waals surface area (Å²) >= 11 is 0. The standard InChI is InChI=1S/C19H21N3O4/c1-25-15-4-2-3-13-5-10-26-19(17(13)15)6-8-22(9-7-19)18(24)14-11-21-16(23)12-20-14/h2-4,11-12H,5-10H2,1H3,(H,21,23). The van der Waals surface area contributed by atoms with Gasteiger partial charge in [-0.3, -0.25) is 9.59 Å². The number of methoxy groups -OCH3 is 1. The molecule has 2 aliphatic heterocycles. The van der Waals surface area contributed by atoms with Crippen LogP contribution in [-0.4, -0.2) is 47.6 Å². The molecule has 1 aromatic heterocycles. The van der Waals surface area contributed by atoms with Gasteiger partial charge in [-0.1, -0.05) is 12.1 Å². The number of carbonyl (C=O) groups excluding carboxylic acids is 1. The van der Waals surface area contributed by atoms with Gasteiger partial charge >= 0.3 is 0 Å². The summed E-state index contributed by atoms with van der Waals surface area (Å²) in [5.74, 6) is 0.677. The lowest BCUT2D eigenvalue weighted by atomic mass is 9.78. The van der Waals surface area contributed by atoms with Gasteiger partial charge in [0.1, 0.15) is 17.0 Å². The normalized spacial score (nSPS) is 18.4. The van der Waals surface area contributed by atoms with Crippen LogP contribution in [0.3, 0.4) is 0 Å². The molecule has 1 fully saturated rings. The third-order valence-corrected chi connectivity index (χ3v) is 5.29. The maximum atomic E-state index is 12.6. The van der Waals surface area contributed by atoms with Crippen LogP contribution in [0.25, 0.3) is 0 Å². The van der Waals surface area contributed by atoms with Crippen molar-refractivity contribution < 1.29 is 14.3 Å². The van der Waals surface area contributed by atoms with E-state index >= 15 is 0 Å². The van der Waals surface area contributed by atoms with E-state index in [-0.39, 0.29) is 17.2 Å². The Bertz CT molecular complexity index is 850. The van der Waals surface area contributed by atoms with Crippen LogP contribution >= 0.6 is 0 Å². The van der Waals surface area contributed by atoms with Crippen molar-refractivity contribution in [2.75, 3.05) is 26.8 Å². The molecule has 7 nitrogen and oxygen atoms in total. The molecule has 0 bridgehead atoms. The number of fused-ring (bicyclic) bond motifs is 2. The lowest BCUT2D eigenvalue weighted by Gasteiger charge is -2.45. The zero-order valence-corrected chi connectivity index (χ0v) is 14.7. The van der Waals surface area contributed by atoms with Crippen molar-refractivity contribution in [3.05, 3.63) is 57.8 Å². The Morgan fingerprint density at radius 2 is 2.15 bits per heavy atom. The molecule has 1 amide bonds. The van der Waals surface area contributed by atoms with E-state index in [0.29, 0.717) is 32.5 Å². The third kappa shape index (κ3) is 2.78. The van der Waals surface area contributed by atoms with Crippen molar-refractivity contribution in [2.24, 2.45) is 0 Å². The number of nitrogens with one attached hydrogen (secondary N) is 1. The van der Waals surface area contributed by atoms with Gasteiger partial charge in [0.15, 0.2) is 0 Å². The Balaban J connectivity index is 1.57. The van der Waals surface area contributed by atoms with Gasteiger partial charge in [-0.25, -0.2) is 4.98 Å². The first-order valence-electron chi connectivity index (χ1n) is 8.77. The molecule has 1 saturated heterocycles. The lowest BCUT2D eigenvalue weighted by molar-refractivity contribution is -0.0947. The minimum atomic E-state index is -0.407. The number of aromatic amines is 1. The number of nitrogens with zero attached hydrogens (tertiary/aromatic N) is 2. The molecule has 2 aliphatic rings. The van der Waals surface area contributed by atoms with Gasteiger partial charge in [0.25, 0.3) is 11.5 Å². The molecule has 1 N–H and O–H groups in total. The maximum Gasteiger partial charge on any atom is 0.273 e. The molecule has 0 saturated carbocycles. The van der Waals surface area contributed by atoms with Crippen molar-refractivity contribution in [1.82, 2.24) is 14.9 Å². The van der Waals surface area contributed by atoms with Crippen molar-refractivity contribution in [3.8, 4) is 5.75 Å². The van der Waals surface area contributed by atoms with Crippen LogP contribution in [0.4, 0.5) is 0 Å². The van der Waals surface area contributed by atoms with Crippen LogP contribution in [-0.2, 0) is 16.8 Å². The molecule has 0 unspecified atom stereocenters. The summed E-state index contributed by atoms with van der Waals surface area (Å²) < 4.78 is 11.8. The third-order valence-electron chi connectivity index (χ3n) is 5.29. The summed E-state index contributed by atoms with van der Waals surface area (Å²) in [6.45, 7) is 1.81. The number of carbonyl (C=O) groups is 1. The van der Waals surface area contributed by atoms with E-state index in [1.807, 2.05) is 12.1 Å². The number of hydrogen-bond acceptors (Lipinski definition) is 5. The molecule has 3 heterocycles. The molecule has 1 aromatic carbocycles. The molecular weight excluding hydrogens is 334 g/mol. The Labute approximate surface area is 151 Å². The number of benzene rings is 1. The van der Waals surface area contributed by atoms with Gasteiger partial charge in [0.05, 0.1) is 19.9 Å². The van der Waals surface area contributed by atoms with Crippen LogP contribution < -0.4 is 10.3 Å². The van der Waals surface area contributed by atoms with Gasteiger partial charge in [0, 0.05) is 24.8 Å². The number of hydrogen-bond donors (Lipinski definition) is 1. The van der Waals surface area contributed by atoms with E-state index in [9.17, 15) is 9.59 Å². The fourth-order valence-corrected chi connectivity index (χ4v) is 3.99. The molecule has 26 heavy (non-hydrogen) atoms. The molecule has 136 valence electrons. The minimum absolute atomic E-state index is 0.174. The van der Waals surface area contributed by atoms with E-state index < -0.39 is 5.60 Å². The van der Waals surface area contributed by atoms with Crippen molar-refractivity contribution in [3.63, 3.8) is 0 Å². The Morgan fingerprint density at radius 3 is 2.85 bits per heavy atom. The van der Waals surface area contributed by atoms with Crippen molar-refractivity contribution in [1.29, 1.82) is 0 Å². The summed E-state index contributed by atoms with van der Waals surface area (Å²) in [7, 11) is 1.68. The van der Waals surface area contributed by atoms with E-state index in [4.69, 9.17) is 9.47 Å². The average Bonchev–Trinajstić information content (AvgIpc) is 2.68. The first-order valence-corrected chi connectivity index (χ1v) is 8.77. The Morgan fingerprint density at radius 1 is 1.35 bits per heavy atom. The second-order valence-corrected chi connectivity index (χ2v) is 6.68. The molecule has 0 aliphatic carbocycles. The lowest BCUT2D eigenvalue weighted by Crippen LogP contribution is -2.48. The summed E-state index contributed by atoms with van der Waals surface area (Å²) in [5, 5.41) is 0. The van der Waals surface area contributed by atoms with E-state index in [0.717, 1.165) is 23.9 Å². The summed E-state index contributed by atoms with van der Waals surface area (Å²) in [6.07, 6.45) is 4.78. The molecule has 7 heteroatoms. The van der Waals surface area contributed by atoms with Gasteiger partial charge < -0.3 is 19.4 Å². The smallest absolute Gasteiger partial charge is 0.273 e. The number of likely N-dealkylation sites (tertiary alicyclic amines) is 1. The Hall–Kier alpha value is -2.67. The quantitative estimate of drug-likeness (QED) is 0.882. The fourth-order valence-electron chi connectivity index (χ4n) is 3.99. The van der Waals surface area contributed by atoms with Crippen LogP contribution in [0.2, 0.25) is 0 Å². The zero-order chi connectivity index (χ0) is 18.1. The maximum absolute atomic E-state index is 12.6. The number of amides is 1. The molecule has 2 aromatic rings. The second-order valence-electron chi connectivity index (χ2n) is 6.68. The molecular formula is C19H21N3O4. The first kappa shape index (κ1) is 16.8. The van der Waals surface area contributed by atoms with E-state index in [1.165, 1.54) is 11.8 Å². The zero-order valence-electron chi connectivity index (χ0n) is 14.7. The highest BCUT2D eigenvalue weighted by atomic mass is 16.5. The largest absolute Gasteiger partial charge is 0.496 e. The Kier molecular flexibility index (Phi) is 4.24. The van der Waals surface area contributed by atoms with E-state index in [2.05, 4.69) is 16.0 Å². The number of ether oxygens (including phenoxy) is 2. The summed E-state index contributed by atoms with van der Waals surface area (Å²) in [5.41, 5.74) is 1.91. The monoisotopic (exact) mass is 355 g/mol. The van der Waals surface area contributed by atoms with Crippen LogP contribution in [0.5, 0.6) is 5.75 Å². The van der Waals surface area contributed by atoms with Crippen LogP contribution in [0, 0.1) is 0 Å². The summed E-state index contributed by atoms with van der Waals surface area (Å²) in [4.78, 5) is 32.0. The minimum Gasteiger partial charge on any atom is -0.496 e. The van der Waals surface area contributed by atoms with Crippen LogP contribution in [0.1, 0.15) is 34.5 Å². The predicted molar refractivity (Wildman–Crippen MR) is 94.3 cm³/mol.